The van der Waals surface area contributed by atoms with E-state index in [4.69, 9.17) is 9.47 Å². The van der Waals surface area contributed by atoms with Crippen LogP contribution in [0.25, 0.3) is 0 Å². The molecular formula is C25H23NO3S. The molecule has 0 saturated carbocycles. The van der Waals surface area contributed by atoms with Gasteiger partial charge in [-0.1, -0.05) is 36.4 Å². The van der Waals surface area contributed by atoms with Crippen LogP contribution in [0.2, 0.25) is 0 Å². The molecule has 0 spiro atoms. The Morgan fingerprint density at radius 3 is 2.43 bits per heavy atom. The SMILES string of the molecule is COc1cc2c(cc1OC)C(c1ccccc1)C1=C(CC(c3cccs3)CC1=O)N2. The molecule has 0 fully saturated rings. The number of anilines is 1. The molecule has 2 atom stereocenters. The highest BCUT2D eigenvalue weighted by atomic mass is 32.1. The first-order valence-corrected chi connectivity index (χ1v) is 10.9. The first kappa shape index (κ1) is 18.9. The van der Waals surface area contributed by atoms with Crippen LogP contribution in [0.4, 0.5) is 5.69 Å². The number of ether oxygens (including phenoxy) is 2. The predicted octanol–water partition coefficient (Wildman–Crippen LogP) is 5.72. The molecule has 1 aliphatic carbocycles. The zero-order chi connectivity index (χ0) is 20.7. The van der Waals surface area contributed by atoms with Crippen molar-refractivity contribution in [2.45, 2.75) is 24.7 Å². The molecule has 0 saturated heterocycles. The van der Waals surface area contributed by atoms with Crippen molar-refractivity contribution in [2.75, 3.05) is 19.5 Å². The van der Waals surface area contributed by atoms with Crippen molar-refractivity contribution in [1.29, 1.82) is 0 Å². The highest BCUT2D eigenvalue weighted by molar-refractivity contribution is 7.10. The van der Waals surface area contributed by atoms with Gasteiger partial charge >= 0.3 is 0 Å². The lowest BCUT2D eigenvalue weighted by molar-refractivity contribution is -0.116. The summed E-state index contributed by atoms with van der Waals surface area (Å²) in [5, 5.41) is 5.66. The molecule has 30 heavy (non-hydrogen) atoms. The standard InChI is InChI=1S/C25H23NO3S/c1-28-21-13-17-18(14-22(21)29-2)26-19-11-16(23-9-6-10-30-23)12-20(27)25(19)24(17)15-7-4-3-5-8-15/h3-10,13-14,16,24,26H,11-12H2,1-2H3. The van der Waals surface area contributed by atoms with Gasteiger partial charge in [0.25, 0.3) is 0 Å². The second-order valence-corrected chi connectivity index (χ2v) is 8.68. The van der Waals surface area contributed by atoms with E-state index in [1.54, 1.807) is 25.6 Å². The maximum absolute atomic E-state index is 13.5. The second-order valence-electron chi connectivity index (χ2n) is 7.70. The van der Waals surface area contributed by atoms with Crippen LogP contribution in [0, 0.1) is 0 Å². The van der Waals surface area contributed by atoms with Gasteiger partial charge in [0.15, 0.2) is 17.3 Å². The topological polar surface area (TPSA) is 47.6 Å². The number of rotatable bonds is 4. The van der Waals surface area contributed by atoms with Gasteiger partial charge in [0.05, 0.1) is 14.2 Å². The molecule has 1 N–H and O–H groups in total. The summed E-state index contributed by atoms with van der Waals surface area (Å²) in [4.78, 5) is 14.7. The van der Waals surface area contributed by atoms with Crippen LogP contribution in [0.1, 0.15) is 40.7 Å². The molecule has 0 amide bonds. The average Bonchev–Trinajstić information content (AvgIpc) is 3.32. The van der Waals surface area contributed by atoms with Crippen LogP contribution in [-0.4, -0.2) is 20.0 Å². The van der Waals surface area contributed by atoms with E-state index in [-0.39, 0.29) is 17.6 Å². The fourth-order valence-electron chi connectivity index (χ4n) is 4.66. The Balaban J connectivity index is 1.67. The summed E-state index contributed by atoms with van der Waals surface area (Å²) in [7, 11) is 3.28. The number of benzene rings is 2. The van der Waals surface area contributed by atoms with Gasteiger partial charge in [0.1, 0.15) is 0 Å². The van der Waals surface area contributed by atoms with Crippen LogP contribution in [0.3, 0.4) is 0 Å². The Labute approximate surface area is 180 Å². The van der Waals surface area contributed by atoms with E-state index >= 15 is 0 Å². The summed E-state index contributed by atoms with van der Waals surface area (Å²) in [6.45, 7) is 0. The minimum absolute atomic E-state index is 0.117. The van der Waals surface area contributed by atoms with Gasteiger partial charge in [-0.15, -0.1) is 11.3 Å². The third-order valence-corrected chi connectivity index (χ3v) is 7.06. The summed E-state index contributed by atoms with van der Waals surface area (Å²) in [5.74, 6) is 1.67. The fraction of sp³-hybridized carbons (Fsp3) is 0.240. The first-order chi connectivity index (χ1) is 14.7. The van der Waals surface area contributed by atoms with Crippen LogP contribution in [0.15, 0.2) is 71.2 Å². The highest BCUT2D eigenvalue weighted by Crippen LogP contribution is 2.50. The van der Waals surface area contributed by atoms with Crippen LogP contribution in [-0.2, 0) is 4.79 Å². The Morgan fingerprint density at radius 2 is 1.73 bits per heavy atom. The largest absolute Gasteiger partial charge is 0.493 e. The van der Waals surface area contributed by atoms with E-state index in [9.17, 15) is 4.79 Å². The van der Waals surface area contributed by atoms with Crippen LogP contribution >= 0.6 is 11.3 Å². The van der Waals surface area contributed by atoms with E-state index in [0.29, 0.717) is 17.9 Å². The van der Waals surface area contributed by atoms with Crippen LogP contribution < -0.4 is 14.8 Å². The molecule has 2 unspecified atom stereocenters. The lowest BCUT2D eigenvalue weighted by atomic mass is 9.73. The molecule has 1 aromatic heterocycles. The van der Waals surface area contributed by atoms with Crippen LogP contribution in [0.5, 0.6) is 11.5 Å². The third-order valence-electron chi connectivity index (χ3n) is 6.03. The van der Waals surface area contributed by atoms with Gasteiger partial charge in [0, 0.05) is 46.2 Å². The molecule has 2 aliphatic rings. The van der Waals surface area contributed by atoms with Crippen molar-refractivity contribution in [3.8, 4) is 11.5 Å². The minimum Gasteiger partial charge on any atom is -0.493 e. The van der Waals surface area contributed by atoms with Gasteiger partial charge in [-0.25, -0.2) is 0 Å². The maximum Gasteiger partial charge on any atom is 0.162 e. The van der Waals surface area contributed by atoms with Gasteiger partial charge in [-0.2, -0.15) is 0 Å². The quantitative estimate of drug-likeness (QED) is 0.589. The average molecular weight is 418 g/mol. The lowest BCUT2D eigenvalue weighted by Gasteiger charge is -2.36. The molecule has 152 valence electrons. The smallest absolute Gasteiger partial charge is 0.162 e. The number of fused-ring (bicyclic) bond motifs is 1. The second kappa shape index (κ2) is 7.65. The summed E-state index contributed by atoms with van der Waals surface area (Å²) in [6.07, 6.45) is 1.38. The molecule has 1 aliphatic heterocycles. The number of methoxy groups -OCH3 is 2. The Morgan fingerprint density at radius 1 is 0.967 bits per heavy atom. The molecular weight excluding hydrogens is 394 g/mol. The lowest BCUT2D eigenvalue weighted by Crippen LogP contribution is -2.29. The summed E-state index contributed by atoms with van der Waals surface area (Å²) in [6, 6.07) is 18.4. The highest BCUT2D eigenvalue weighted by Gasteiger charge is 2.39. The zero-order valence-electron chi connectivity index (χ0n) is 17.0. The summed E-state index contributed by atoms with van der Waals surface area (Å²) < 4.78 is 11.1. The molecule has 0 bridgehead atoms. The van der Waals surface area contributed by atoms with Crippen molar-refractivity contribution in [2.24, 2.45) is 0 Å². The number of allylic oxidation sites excluding steroid dienone is 2. The molecule has 3 aromatic rings. The van der Waals surface area contributed by atoms with Gasteiger partial charge in [-0.05, 0) is 35.1 Å². The number of carbonyl (C=O) groups is 1. The molecule has 5 heteroatoms. The molecule has 0 radical (unpaired) electrons. The van der Waals surface area contributed by atoms with E-state index in [1.165, 1.54) is 4.88 Å². The number of thiophene rings is 1. The Bertz CT molecular complexity index is 1120. The number of Topliss-reactive ketones (excluding diaryl/α,β-unsaturated/α-hetero) is 1. The monoisotopic (exact) mass is 417 g/mol. The number of ketones is 1. The zero-order valence-corrected chi connectivity index (χ0v) is 17.8. The van der Waals surface area contributed by atoms with E-state index < -0.39 is 0 Å². The third kappa shape index (κ3) is 3.10. The van der Waals surface area contributed by atoms with Crippen molar-refractivity contribution >= 4 is 22.8 Å². The summed E-state index contributed by atoms with van der Waals surface area (Å²) in [5.41, 5.74) is 5.04. The number of carbonyl (C=O) groups excluding carboxylic acids is 1. The number of nitrogens with one attached hydrogen (secondary N) is 1. The van der Waals surface area contributed by atoms with E-state index in [0.717, 1.165) is 34.5 Å². The van der Waals surface area contributed by atoms with Crippen molar-refractivity contribution in [3.05, 3.63) is 87.3 Å². The molecule has 2 aromatic carbocycles. The van der Waals surface area contributed by atoms with Gasteiger partial charge in [0.2, 0.25) is 0 Å². The molecule has 4 nitrogen and oxygen atoms in total. The predicted molar refractivity (Wildman–Crippen MR) is 120 cm³/mol. The van der Waals surface area contributed by atoms with Crippen molar-refractivity contribution in [1.82, 2.24) is 0 Å². The van der Waals surface area contributed by atoms with Crippen molar-refractivity contribution in [3.63, 3.8) is 0 Å². The Hall–Kier alpha value is -3.05. The van der Waals surface area contributed by atoms with Crippen molar-refractivity contribution < 1.29 is 14.3 Å². The number of hydrogen-bond donors (Lipinski definition) is 1. The normalized spacial score (nSPS) is 20.3. The van der Waals surface area contributed by atoms with E-state index in [1.807, 2.05) is 30.3 Å². The first-order valence-electron chi connectivity index (χ1n) is 10.1. The minimum atomic E-state index is -0.117. The van der Waals surface area contributed by atoms with E-state index in [2.05, 4.69) is 35.0 Å². The number of hydrogen-bond acceptors (Lipinski definition) is 5. The van der Waals surface area contributed by atoms with Gasteiger partial charge < -0.3 is 14.8 Å². The van der Waals surface area contributed by atoms with Gasteiger partial charge in [-0.3, -0.25) is 4.79 Å². The maximum atomic E-state index is 13.5. The molecule has 5 rings (SSSR count). The Kier molecular flexibility index (Phi) is 4.83. The molecule has 2 heterocycles. The summed E-state index contributed by atoms with van der Waals surface area (Å²) >= 11 is 1.73. The fourth-order valence-corrected chi connectivity index (χ4v) is 5.49.